The molecule has 0 aliphatic heterocycles. The van der Waals surface area contributed by atoms with E-state index in [1.54, 1.807) is 6.07 Å². The van der Waals surface area contributed by atoms with E-state index in [1.165, 1.54) is 13.2 Å². The largest absolute Gasteiger partial charge is 0.384 e. The molecule has 0 spiro atoms. The monoisotopic (exact) mass is 280 g/mol. The summed E-state index contributed by atoms with van der Waals surface area (Å²) in [5.41, 5.74) is 6.24. The van der Waals surface area contributed by atoms with Gasteiger partial charge in [0.2, 0.25) is 0 Å². The summed E-state index contributed by atoms with van der Waals surface area (Å²) in [5, 5.41) is 2.97. The van der Waals surface area contributed by atoms with E-state index in [1.807, 2.05) is 0 Å². The Morgan fingerprint density at radius 3 is 2.70 bits per heavy atom. The van der Waals surface area contributed by atoms with Gasteiger partial charge in [-0.15, -0.1) is 0 Å². The van der Waals surface area contributed by atoms with Gasteiger partial charge in [-0.1, -0.05) is 6.07 Å². The summed E-state index contributed by atoms with van der Waals surface area (Å²) < 4.78 is 30.8. The minimum absolute atomic E-state index is 0.241. The van der Waals surface area contributed by atoms with Crippen molar-refractivity contribution in [2.45, 2.75) is 13.2 Å². The first-order valence-electron chi connectivity index (χ1n) is 5.88. The summed E-state index contributed by atoms with van der Waals surface area (Å²) in [6.45, 7) is 0.533. The van der Waals surface area contributed by atoms with Gasteiger partial charge < -0.3 is 15.8 Å². The molecule has 1 heterocycles. The lowest BCUT2D eigenvalue weighted by molar-refractivity contribution is 0.178. The molecular weight excluding hydrogens is 266 g/mol. The Hall–Kier alpha value is -2.28. The summed E-state index contributed by atoms with van der Waals surface area (Å²) in [5.74, 6) is -0.511. The normalized spacial score (nSPS) is 10.6. The van der Waals surface area contributed by atoms with Gasteiger partial charge in [0.25, 0.3) is 0 Å². The number of halogens is 2. The first-order valence-corrected chi connectivity index (χ1v) is 5.88. The Balaban J connectivity index is 2.08. The number of benzene rings is 1. The number of nitrogens with zero attached hydrogens (tertiary/aromatic N) is 2. The third kappa shape index (κ3) is 3.61. The number of aromatic nitrogens is 2. The molecule has 1 aromatic carbocycles. The van der Waals surface area contributed by atoms with E-state index in [-0.39, 0.29) is 6.61 Å². The lowest BCUT2D eigenvalue weighted by atomic mass is 10.2. The zero-order valence-electron chi connectivity index (χ0n) is 10.9. The lowest BCUT2D eigenvalue weighted by Crippen LogP contribution is -2.07. The molecular formula is C13H14F2N4O. The average molecular weight is 280 g/mol. The topological polar surface area (TPSA) is 73.1 Å². The zero-order valence-corrected chi connectivity index (χ0v) is 10.9. The standard InChI is InChI=1S/C13H14F2N4O/c1-20-7-13-18-11(16)5-12(19-13)17-6-8-2-3-9(14)10(15)4-8/h2-5H,6-7H2,1H3,(H3,16,17,18,19). The van der Waals surface area contributed by atoms with Gasteiger partial charge in [0, 0.05) is 19.7 Å². The van der Waals surface area contributed by atoms with Crippen molar-refractivity contribution in [3.63, 3.8) is 0 Å². The molecule has 3 N–H and O–H groups in total. The van der Waals surface area contributed by atoms with E-state index in [2.05, 4.69) is 15.3 Å². The van der Waals surface area contributed by atoms with Crippen molar-refractivity contribution in [3.05, 3.63) is 47.3 Å². The SMILES string of the molecule is COCc1nc(N)cc(NCc2ccc(F)c(F)c2)n1. The van der Waals surface area contributed by atoms with E-state index >= 15 is 0 Å². The van der Waals surface area contributed by atoms with E-state index in [0.717, 1.165) is 12.1 Å². The molecule has 0 fully saturated rings. The maximum Gasteiger partial charge on any atom is 0.159 e. The van der Waals surface area contributed by atoms with Crippen LogP contribution in [0, 0.1) is 11.6 Å². The maximum atomic E-state index is 13.1. The van der Waals surface area contributed by atoms with Crippen LogP contribution < -0.4 is 11.1 Å². The molecule has 0 saturated heterocycles. The number of ether oxygens (including phenoxy) is 1. The number of hydrogen-bond acceptors (Lipinski definition) is 5. The molecule has 0 aliphatic carbocycles. The highest BCUT2D eigenvalue weighted by molar-refractivity contribution is 5.45. The molecule has 0 unspecified atom stereocenters. The van der Waals surface area contributed by atoms with Gasteiger partial charge in [-0.3, -0.25) is 0 Å². The van der Waals surface area contributed by atoms with E-state index in [0.29, 0.717) is 29.6 Å². The average Bonchev–Trinajstić information content (AvgIpc) is 2.40. The molecule has 20 heavy (non-hydrogen) atoms. The number of anilines is 2. The van der Waals surface area contributed by atoms with Crippen molar-refractivity contribution in [1.82, 2.24) is 9.97 Å². The molecule has 0 radical (unpaired) electrons. The van der Waals surface area contributed by atoms with Crippen LogP contribution in [0.3, 0.4) is 0 Å². The molecule has 0 amide bonds. The van der Waals surface area contributed by atoms with Gasteiger partial charge in [-0.2, -0.15) is 0 Å². The molecule has 0 atom stereocenters. The number of nitrogens with one attached hydrogen (secondary N) is 1. The highest BCUT2D eigenvalue weighted by Crippen LogP contribution is 2.13. The molecule has 5 nitrogen and oxygen atoms in total. The summed E-state index contributed by atoms with van der Waals surface area (Å²) in [6, 6.07) is 5.26. The lowest BCUT2D eigenvalue weighted by Gasteiger charge is -2.08. The van der Waals surface area contributed by atoms with Crippen molar-refractivity contribution < 1.29 is 13.5 Å². The minimum atomic E-state index is -0.883. The second kappa shape index (κ2) is 6.25. The van der Waals surface area contributed by atoms with Crippen molar-refractivity contribution in [2.75, 3.05) is 18.2 Å². The molecule has 0 aliphatic rings. The van der Waals surface area contributed by atoms with Crippen LogP contribution in [0.15, 0.2) is 24.3 Å². The fourth-order valence-corrected chi connectivity index (χ4v) is 1.64. The first-order chi connectivity index (χ1) is 9.58. The number of hydrogen-bond donors (Lipinski definition) is 2. The Bertz CT molecular complexity index is 607. The molecule has 7 heteroatoms. The summed E-state index contributed by atoms with van der Waals surface area (Å²) in [4.78, 5) is 8.18. The Morgan fingerprint density at radius 1 is 1.20 bits per heavy atom. The van der Waals surface area contributed by atoms with Crippen LogP contribution in [-0.4, -0.2) is 17.1 Å². The van der Waals surface area contributed by atoms with E-state index in [4.69, 9.17) is 10.5 Å². The van der Waals surface area contributed by atoms with Crippen molar-refractivity contribution in [1.29, 1.82) is 0 Å². The van der Waals surface area contributed by atoms with E-state index < -0.39 is 11.6 Å². The van der Waals surface area contributed by atoms with Crippen LogP contribution in [-0.2, 0) is 17.9 Å². The number of rotatable bonds is 5. The van der Waals surface area contributed by atoms with Crippen molar-refractivity contribution in [2.24, 2.45) is 0 Å². The second-order valence-corrected chi connectivity index (χ2v) is 4.13. The Morgan fingerprint density at radius 2 is 2.00 bits per heavy atom. The van der Waals surface area contributed by atoms with Crippen LogP contribution in [0.5, 0.6) is 0 Å². The predicted molar refractivity (Wildman–Crippen MR) is 70.8 cm³/mol. The number of nitrogens with two attached hydrogens (primary N) is 1. The van der Waals surface area contributed by atoms with Crippen LogP contribution in [0.1, 0.15) is 11.4 Å². The molecule has 0 bridgehead atoms. The molecule has 2 rings (SSSR count). The van der Waals surface area contributed by atoms with E-state index in [9.17, 15) is 8.78 Å². The van der Waals surface area contributed by atoms with Crippen molar-refractivity contribution in [3.8, 4) is 0 Å². The number of nitrogen functional groups attached to an aromatic ring is 1. The summed E-state index contributed by atoms with van der Waals surface area (Å²) >= 11 is 0. The highest BCUT2D eigenvalue weighted by Gasteiger charge is 2.05. The van der Waals surface area contributed by atoms with Crippen molar-refractivity contribution >= 4 is 11.6 Å². The molecule has 2 aromatic rings. The summed E-state index contributed by atoms with van der Waals surface area (Å²) in [6.07, 6.45) is 0. The first kappa shape index (κ1) is 14.1. The van der Waals surface area contributed by atoms with Gasteiger partial charge in [0.05, 0.1) is 0 Å². The van der Waals surface area contributed by atoms with Gasteiger partial charge in [0.15, 0.2) is 17.5 Å². The smallest absolute Gasteiger partial charge is 0.159 e. The zero-order chi connectivity index (χ0) is 14.5. The quantitative estimate of drug-likeness (QED) is 0.877. The van der Waals surface area contributed by atoms with Crippen LogP contribution >= 0.6 is 0 Å². The third-order valence-electron chi connectivity index (χ3n) is 2.52. The van der Waals surface area contributed by atoms with Gasteiger partial charge in [-0.05, 0) is 17.7 Å². The Labute approximate surface area is 114 Å². The van der Waals surface area contributed by atoms with Gasteiger partial charge >= 0.3 is 0 Å². The maximum absolute atomic E-state index is 13.1. The van der Waals surface area contributed by atoms with Gasteiger partial charge in [0.1, 0.15) is 18.2 Å². The molecule has 0 saturated carbocycles. The Kier molecular flexibility index (Phi) is 4.41. The predicted octanol–water partition coefficient (Wildman–Crippen LogP) is 2.10. The highest BCUT2D eigenvalue weighted by atomic mass is 19.2. The second-order valence-electron chi connectivity index (χ2n) is 4.13. The van der Waals surface area contributed by atoms with Crippen LogP contribution in [0.4, 0.5) is 20.4 Å². The molecule has 106 valence electrons. The summed E-state index contributed by atoms with van der Waals surface area (Å²) in [7, 11) is 1.53. The fraction of sp³-hybridized carbons (Fsp3) is 0.231. The molecule has 1 aromatic heterocycles. The number of methoxy groups -OCH3 is 1. The third-order valence-corrected chi connectivity index (χ3v) is 2.52. The van der Waals surface area contributed by atoms with Gasteiger partial charge in [-0.25, -0.2) is 18.7 Å². The van der Waals surface area contributed by atoms with Crippen LogP contribution in [0.25, 0.3) is 0 Å². The van der Waals surface area contributed by atoms with Crippen LogP contribution in [0.2, 0.25) is 0 Å². The fourth-order valence-electron chi connectivity index (χ4n) is 1.64. The minimum Gasteiger partial charge on any atom is -0.384 e.